The standard InChI is InChI=1S/C27H28N2O4S/c1-32-23-9-5-6-10-24(23)33-18-22-21-14-16-34-25(21)13-15-28(22)26(30)17-29(20-11-12-20)27(31)19-7-3-2-4-8-19/h2-10,14,16,20,22H,11-13,15,17-18H2,1H3/t22-/m0/s1. The molecule has 0 unspecified atom stereocenters. The SMILES string of the molecule is COc1ccccc1OC[C@H]1c2ccsc2CCN1C(=O)CN(C(=O)c1ccccc1)C1CC1. The van der Waals surface area contributed by atoms with Crippen LogP contribution in [0, 0.1) is 0 Å². The maximum atomic E-state index is 13.6. The number of nitrogens with zero attached hydrogens (tertiary/aromatic N) is 2. The van der Waals surface area contributed by atoms with E-state index >= 15 is 0 Å². The summed E-state index contributed by atoms with van der Waals surface area (Å²) in [6.45, 7) is 1.03. The summed E-state index contributed by atoms with van der Waals surface area (Å²) in [7, 11) is 1.62. The molecule has 2 aliphatic rings. The van der Waals surface area contributed by atoms with Gasteiger partial charge in [-0.05, 0) is 60.5 Å². The molecule has 6 nitrogen and oxygen atoms in total. The third kappa shape index (κ3) is 4.66. The highest BCUT2D eigenvalue weighted by Crippen LogP contribution is 2.36. The Balaban J connectivity index is 1.35. The van der Waals surface area contributed by atoms with Crippen molar-refractivity contribution in [2.45, 2.75) is 31.3 Å². The van der Waals surface area contributed by atoms with Gasteiger partial charge in [0.25, 0.3) is 5.91 Å². The van der Waals surface area contributed by atoms with Crippen LogP contribution in [0.25, 0.3) is 0 Å². The molecule has 2 amide bonds. The van der Waals surface area contributed by atoms with Crippen molar-refractivity contribution in [2.75, 3.05) is 26.8 Å². The van der Waals surface area contributed by atoms with E-state index in [0.29, 0.717) is 30.2 Å². The molecule has 1 atom stereocenters. The van der Waals surface area contributed by atoms with Crippen molar-refractivity contribution in [1.29, 1.82) is 0 Å². The molecule has 1 fully saturated rings. The van der Waals surface area contributed by atoms with Gasteiger partial charge in [-0.2, -0.15) is 0 Å². The minimum Gasteiger partial charge on any atom is -0.493 e. The van der Waals surface area contributed by atoms with E-state index in [1.807, 2.05) is 59.5 Å². The summed E-state index contributed by atoms with van der Waals surface area (Å²) >= 11 is 1.72. The molecular formula is C27H28N2O4S. The van der Waals surface area contributed by atoms with Crippen molar-refractivity contribution in [3.8, 4) is 11.5 Å². The van der Waals surface area contributed by atoms with E-state index < -0.39 is 0 Å². The second kappa shape index (κ2) is 9.89. The first kappa shape index (κ1) is 22.5. The highest BCUT2D eigenvalue weighted by molar-refractivity contribution is 7.10. The van der Waals surface area contributed by atoms with Gasteiger partial charge in [0.15, 0.2) is 11.5 Å². The Hall–Kier alpha value is -3.32. The number of carbonyl (C=O) groups excluding carboxylic acids is 2. The minimum atomic E-state index is -0.208. The fourth-order valence-corrected chi connectivity index (χ4v) is 5.45. The Morgan fingerprint density at radius 3 is 2.50 bits per heavy atom. The first-order valence-electron chi connectivity index (χ1n) is 11.6. The van der Waals surface area contributed by atoms with E-state index in [2.05, 4.69) is 11.4 Å². The molecule has 0 spiro atoms. The van der Waals surface area contributed by atoms with Crippen LogP contribution in [0.2, 0.25) is 0 Å². The lowest BCUT2D eigenvalue weighted by Crippen LogP contribution is -2.48. The Labute approximate surface area is 203 Å². The van der Waals surface area contributed by atoms with Crippen molar-refractivity contribution >= 4 is 23.2 Å². The van der Waals surface area contributed by atoms with Crippen LogP contribution < -0.4 is 9.47 Å². The van der Waals surface area contributed by atoms with Crippen LogP contribution in [0.5, 0.6) is 11.5 Å². The number of amides is 2. The van der Waals surface area contributed by atoms with Crippen LogP contribution in [0.3, 0.4) is 0 Å². The van der Waals surface area contributed by atoms with Crippen LogP contribution in [0.1, 0.15) is 39.7 Å². The van der Waals surface area contributed by atoms with E-state index in [9.17, 15) is 9.59 Å². The van der Waals surface area contributed by atoms with Crippen molar-refractivity contribution in [1.82, 2.24) is 9.80 Å². The zero-order valence-electron chi connectivity index (χ0n) is 19.2. The molecule has 1 aliphatic carbocycles. The van der Waals surface area contributed by atoms with Crippen molar-refractivity contribution < 1.29 is 19.1 Å². The summed E-state index contributed by atoms with van der Waals surface area (Å²) in [6.07, 6.45) is 2.71. The Kier molecular flexibility index (Phi) is 6.54. The number of para-hydroxylation sites is 2. The summed E-state index contributed by atoms with van der Waals surface area (Å²) in [6, 6.07) is 18.8. The summed E-state index contributed by atoms with van der Waals surface area (Å²) in [5.41, 5.74) is 1.75. The van der Waals surface area contributed by atoms with Crippen molar-refractivity contribution in [2.24, 2.45) is 0 Å². The summed E-state index contributed by atoms with van der Waals surface area (Å²) in [5.74, 6) is 1.20. The molecule has 0 N–H and O–H groups in total. The van der Waals surface area contributed by atoms with Gasteiger partial charge in [0.1, 0.15) is 13.2 Å². The first-order valence-corrected chi connectivity index (χ1v) is 12.5. The number of ether oxygens (including phenoxy) is 2. The molecule has 3 aromatic rings. The number of hydrogen-bond donors (Lipinski definition) is 0. The molecule has 0 saturated heterocycles. The fraction of sp³-hybridized carbons (Fsp3) is 0.333. The third-order valence-corrected chi connectivity index (χ3v) is 7.45. The van der Waals surface area contributed by atoms with Crippen LogP contribution in [-0.2, 0) is 11.2 Å². The van der Waals surface area contributed by atoms with Crippen molar-refractivity contribution in [3.05, 3.63) is 82.0 Å². The quantitative estimate of drug-likeness (QED) is 0.478. The van der Waals surface area contributed by atoms with Crippen LogP contribution >= 0.6 is 11.3 Å². The molecule has 2 aromatic carbocycles. The van der Waals surface area contributed by atoms with Gasteiger partial charge in [0.05, 0.1) is 13.2 Å². The van der Waals surface area contributed by atoms with Gasteiger partial charge < -0.3 is 19.3 Å². The molecule has 1 aliphatic heterocycles. The van der Waals surface area contributed by atoms with Crippen molar-refractivity contribution in [3.63, 3.8) is 0 Å². The third-order valence-electron chi connectivity index (χ3n) is 6.46. The molecule has 1 aromatic heterocycles. The monoisotopic (exact) mass is 476 g/mol. The summed E-state index contributed by atoms with van der Waals surface area (Å²) in [4.78, 5) is 31.7. The topological polar surface area (TPSA) is 59.1 Å². The molecule has 34 heavy (non-hydrogen) atoms. The lowest BCUT2D eigenvalue weighted by molar-refractivity contribution is -0.135. The minimum absolute atomic E-state index is 0.0401. The van der Waals surface area contributed by atoms with Crippen LogP contribution in [0.15, 0.2) is 66.0 Å². The van der Waals surface area contributed by atoms with E-state index in [4.69, 9.17) is 9.47 Å². The number of carbonyl (C=O) groups is 2. The Bertz CT molecular complexity index is 1160. The largest absolute Gasteiger partial charge is 0.493 e. The number of hydrogen-bond acceptors (Lipinski definition) is 5. The van der Waals surface area contributed by atoms with Gasteiger partial charge in [-0.25, -0.2) is 0 Å². The first-order chi connectivity index (χ1) is 16.7. The molecule has 7 heteroatoms. The number of fused-ring (bicyclic) bond motifs is 1. The van der Waals surface area contributed by atoms with Crippen LogP contribution in [0.4, 0.5) is 0 Å². The molecule has 176 valence electrons. The van der Waals surface area contributed by atoms with Gasteiger partial charge in [0.2, 0.25) is 5.91 Å². The molecule has 1 saturated carbocycles. The molecule has 0 radical (unpaired) electrons. The zero-order valence-corrected chi connectivity index (χ0v) is 20.0. The van der Waals surface area contributed by atoms with Gasteiger partial charge >= 0.3 is 0 Å². The van der Waals surface area contributed by atoms with E-state index in [-0.39, 0.29) is 30.4 Å². The van der Waals surface area contributed by atoms with Gasteiger partial charge in [-0.3, -0.25) is 9.59 Å². The summed E-state index contributed by atoms with van der Waals surface area (Å²) < 4.78 is 11.6. The molecule has 2 heterocycles. The number of rotatable bonds is 8. The van der Waals surface area contributed by atoms with Gasteiger partial charge in [0, 0.05) is 23.0 Å². The lowest BCUT2D eigenvalue weighted by Gasteiger charge is -2.37. The second-order valence-corrected chi connectivity index (χ2v) is 9.64. The fourth-order valence-electron chi connectivity index (χ4n) is 4.52. The Morgan fingerprint density at radius 2 is 1.76 bits per heavy atom. The maximum Gasteiger partial charge on any atom is 0.254 e. The predicted molar refractivity (Wildman–Crippen MR) is 131 cm³/mol. The number of benzene rings is 2. The highest BCUT2D eigenvalue weighted by atomic mass is 32.1. The predicted octanol–water partition coefficient (Wildman–Crippen LogP) is 4.57. The van der Waals surface area contributed by atoms with Gasteiger partial charge in [-0.1, -0.05) is 30.3 Å². The lowest BCUT2D eigenvalue weighted by atomic mass is 10.0. The summed E-state index contributed by atoms with van der Waals surface area (Å²) in [5, 5.41) is 2.07. The second-order valence-electron chi connectivity index (χ2n) is 8.64. The highest BCUT2D eigenvalue weighted by Gasteiger charge is 2.38. The molecule has 5 rings (SSSR count). The maximum absolute atomic E-state index is 13.6. The molecular weight excluding hydrogens is 448 g/mol. The average Bonchev–Trinajstić information content (AvgIpc) is 3.61. The Morgan fingerprint density at radius 1 is 1.03 bits per heavy atom. The van der Waals surface area contributed by atoms with E-state index in [1.165, 1.54) is 4.88 Å². The average molecular weight is 477 g/mol. The normalized spacial score (nSPS) is 17.1. The van der Waals surface area contributed by atoms with E-state index in [1.54, 1.807) is 23.3 Å². The number of thiophene rings is 1. The van der Waals surface area contributed by atoms with E-state index in [0.717, 1.165) is 24.8 Å². The van der Waals surface area contributed by atoms with Gasteiger partial charge in [-0.15, -0.1) is 11.3 Å². The smallest absolute Gasteiger partial charge is 0.254 e. The van der Waals surface area contributed by atoms with Crippen LogP contribution in [-0.4, -0.2) is 54.5 Å². The number of methoxy groups -OCH3 is 1. The zero-order chi connectivity index (χ0) is 23.5. The molecule has 0 bridgehead atoms.